The second-order valence-electron chi connectivity index (χ2n) is 5.68. The molecule has 1 N–H and O–H groups in total. The Bertz CT molecular complexity index is 973. The zero-order chi connectivity index (χ0) is 19.4. The number of anilines is 1. The Morgan fingerprint density at radius 1 is 1.15 bits per heavy atom. The molecule has 0 radical (unpaired) electrons. The van der Waals surface area contributed by atoms with E-state index in [0.717, 1.165) is 17.7 Å². The molecule has 0 bridgehead atoms. The van der Waals surface area contributed by atoms with Crippen LogP contribution in [-0.2, 0) is 17.9 Å². The van der Waals surface area contributed by atoms with Crippen LogP contribution in [0.1, 0.15) is 18.1 Å². The van der Waals surface area contributed by atoms with Gasteiger partial charge < -0.3 is 5.32 Å². The van der Waals surface area contributed by atoms with E-state index in [4.69, 9.17) is 34.8 Å². The van der Waals surface area contributed by atoms with E-state index in [0.29, 0.717) is 21.6 Å². The number of carbonyl (C=O) groups is 1. The number of nitrogens with one attached hydrogen (secondary N) is 1. The monoisotopic (exact) mass is 423 g/mol. The molecule has 1 amide bonds. The third-order valence-electron chi connectivity index (χ3n) is 3.74. The topological polar surface area (TPSA) is 64.7 Å². The Morgan fingerprint density at radius 2 is 1.89 bits per heavy atom. The van der Waals surface area contributed by atoms with Gasteiger partial charge in [-0.2, -0.15) is 10.2 Å². The molecule has 0 saturated heterocycles. The molecule has 27 heavy (non-hydrogen) atoms. The summed E-state index contributed by atoms with van der Waals surface area (Å²) < 4.78 is 3.34. The van der Waals surface area contributed by atoms with E-state index >= 15 is 0 Å². The van der Waals surface area contributed by atoms with Crippen LogP contribution < -0.4 is 5.32 Å². The Morgan fingerprint density at radius 3 is 2.56 bits per heavy atom. The first-order chi connectivity index (χ1) is 13.0. The lowest BCUT2D eigenvalue weighted by Gasteiger charge is -2.06. The number of nitrogens with zero attached hydrogens (tertiary/aromatic N) is 4. The van der Waals surface area contributed by atoms with Crippen LogP contribution in [0.2, 0.25) is 15.1 Å². The van der Waals surface area contributed by atoms with E-state index in [1.165, 1.54) is 6.08 Å². The van der Waals surface area contributed by atoms with Gasteiger partial charge in [-0.25, -0.2) is 0 Å². The number of halogens is 3. The SMILES string of the molecule is CCn1cc(/C=C/C(=O)Nc2nn(Cc3c(Cl)cccc3Cl)cc2Cl)cn1. The van der Waals surface area contributed by atoms with Gasteiger partial charge in [0.25, 0.3) is 0 Å². The Labute approximate surface area is 171 Å². The molecule has 0 atom stereocenters. The summed E-state index contributed by atoms with van der Waals surface area (Å²) in [5, 5.41) is 12.5. The minimum Gasteiger partial charge on any atom is -0.304 e. The highest BCUT2D eigenvalue weighted by molar-refractivity contribution is 6.36. The summed E-state index contributed by atoms with van der Waals surface area (Å²) in [5.74, 6) is -0.0825. The molecule has 3 aromatic rings. The average Bonchev–Trinajstić information content (AvgIpc) is 3.23. The van der Waals surface area contributed by atoms with Crippen LogP contribution in [0.3, 0.4) is 0 Å². The predicted octanol–water partition coefficient (Wildman–Crippen LogP) is 4.76. The van der Waals surface area contributed by atoms with Crippen molar-refractivity contribution in [3.8, 4) is 0 Å². The van der Waals surface area contributed by atoms with E-state index in [-0.39, 0.29) is 11.7 Å². The van der Waals surface area contributed by atoms with Crippen molar-refractivity contribution in [2.24, 2.45) is 0 Å². The maximum atomic E-state index is 12.1. The van der Waals surface area contributed by atoms with Crippen molar-refractivity contribution in [3.05, 3.63) is 69.1 Å². The van der Waals surface area contributed by atoms with Crippen molar-refractivity contribution >= 4 is 52.6 Å². The number of aromatic nitrogens is 4. The van der Waals surface area contributed by atoms with E-state index < -0.39 is 0 Å². The normalized spacial score (nSPS) is 11.3. The molecule has 2 aromatic heterocycles. The van der Waals surface area contributed by atoms with Gasteiger partial charge >= 0.3 is 0 Å². The van der Waals surface area contributed by atoms with E-state index in [1.54, 1.807) is 46.0 Å². The standard InChI is InChI=1S/C18H16Cl3N5O/c1-2-25-9-12(8-22-25)6-7-17(27)23-18-16(21)11-26(24-18)10-13-14(19)4-3-5-15(13)20/h3-9,11H,2,10H2,1H3,(H,23,24,27)/b7-6+. The molecule has 0 unspecified atom stereocenters. The summed E-state index contributed by atoms with van der Waals surface area (Å²) >= 11 is 18.5. The number of carbonyl (C=O) groups excluding carboxylic acids is 1. The second-order valence-corrected chi connectivity index (χ2v) is 6.90. The van der Waals surface area contributed by atoms with Crippen LogP contribution in [0, 0.1) is 0 Å². The van der Waals surface area contributed by atoms with Gasteiger partial charge in [-0.15, -0.1) is 0 Å². The molecular formula is C18H16Cl3N5O. The number of rotatable bonds is 6. The molecule has 2 heterocycles. The Kier molecular flexibility index (Phi) is 6.21. The van der Waals surface area contributed by atoms with E-state index in [2.05, 4.69) is 15.5 Å². The molecule has 1 aromatic carbocycles. The second kappa shape index (κ2) is 8.61. The highest BCUT2D eigenvalue weighted by atomic mass is 35.5. The minimum atomic E-state index is -0.345. The van der Waals surface area contributed by atoms with Gasteiger partial charge in [0.15, 0.2) is 5.82 Å². The summed E-state index contributed by atoms with van der Waals surface area (Å²) in [7, 11) is 0. The van der Waals surface area contributed by atoms with Crippen molar-refractivity contribution in [1.82, 2.24) is 19.6 Å². The fraction of sp³-hybridized carbons (Fsp3) is 0.167. The number of amides is 1. The van der Waals surface area contributed by atoms with Crippen LogP contribution in [0.4, 0.5) is 5.82 Å². The van der Waals surface area contributed by atoms with Gasteiger partial charge in [0.05, 0.1) is 12.7 Å². The Balaban J connectivity index is 1.68. The third-order valence-corrected chi connectivity index (χ3v) is 4.73. The number of benzene rings is 1. The van der Waals surface area contributed by atoms with E-state index in [9.17, 15) is 4.79 Å². The molecule has 9 heteroatoms. The molecule has 6 nitrogen and oxygen atoms in total. The minimum absolute atomic E-state index is 0.263. The summed E-state index contributed by atoms with van der Waals surface area (Å²) in [4.78, 5) is 12.1. The summed E-state index contributed by atoms with van der Waals surface area (Å²) in [6.07, 6.45) is 8.20. The molecule has 0 aliphatic carbocycles. The van der Waals surface area contributed by atoms with E-state index in [1.807, 2.05) is 13.1 Å². The fourth-order valence-electron chi connectivity index (χ4n) is 2.38. The number of hydrogen-bond donors (Lipinski definition) is 1. The molecule has 0 saturated carbocycles. The molecular weight excluding hydrogens is 409 g/mol. The van der Waals surface area contributed by atoms with Gasteiger partial charge in [0, 0.05) is 46.2 Å². The van der Waals surface area contributed by atoms with Crippen molar-refractivity contribution < 1.29 is 4.79 Å². The maximum absolute atomic E-state index is 12.1. The summed E-state index contributed by atoms with van der Waals surface area (Å²) in [5.41, 5.74) is 1.56. The Hall–Kier alpha value is -2.28. The highest BCUT2D eigenvalue weighted by Crippen LogP contribution is 2.26. The van der Waals surface area contributed by atoms with Crippen LogP contribution in [0.25, 0.3) is 6.08 Å². The van der Waals surface area contributed by atoms with Crippen molar-refractivity contribution in [2.45, 2.75) is 20.0 Å². The molecule has 3 rings (SSSR count). The molecule has 0 aliphatic heterocycles. The van der Waals surface area contributed by atoms with Crippen LogP contribution in [-0.4, -0.2) is 25.5 Å². The molecule has 0 aliphatic rings. The van der Waals surface area contributed by atoms with Gasteiger partial charge in [-0.3, -0.25) is 14.2 Å². The predicted molar refractivity (Wildman–Crippen MR) is 108 cm³/mol. The van der Waals surface area contributed by atoms with Crippen LogP contribution >= 0.6 is 34.8 Å². The smallest absolute Gasteiger partial charge is 0.249 e. The highest BCUT2D eigenvalue weighted by Gasteiger charge is 2.12. The average molecular weight is 425 g/mol. The van der Waals surface area contributed by atoms with Gasteiger partial charge in [-0.1, -0.05) is 40.9 Å². The largest absolute Gasteiger partial charge is 0.304 e. The summed E-state index contributed by atoms with van der Waals surface area (Å²) in [6, 6.07) is 5.27. The van der Waals surface area contributed by atoms with Gasteiger partial charge in [0.1, 0.15) is 5.02 Å². The van der Waals surface area contributed by atoms with Crippen molar-refractivity contribution in [3.63, 3.8) is 0 Å². The lowest BCUT2D eigenvalue weighted by atomic mass is 10.2. The first-order valence-corrected chi connectivity index (χ1v) is 9.27. The first-order valence-electron chi connectivity index (χ1n) is 8.13. The fourth-order valence-corrected chi connectivity index (χ4v) is 3.09. The van der Waals surface area contributed by atoms with Crippen LogP contribution in [0.5, 0.6) is 0 Å². The van der Waals surface area contributed by atoms with Crippen molar-refractivity contribution in [2.75, 3.05) is 5.32 Å². The first kappa shape index (κ1) is 19.5. The lowest BCUT2D eigenvalue weighted by Crippen LogP contribution is -2.09. The third kappa shape index (κ3) is 4.91. The zero-order valence-electron chi connectivity index (χ0n) is 14.4. The number of aryl methyl sites for hydroxylation is 1. The lowest BCUT2D eigenvalue weighted by molar-refractivity contribution is -0.111. The molecule has 140 valence electrons. The molecule has 0 fully saturated rings. The molecule has 0 spiro atoms. The maximum Gasteiger partial charge on any atom is 0.249 e. The van der Waals surface area contributed by atoms with Gasteiger partial charge in [0.2, 0.25) is 5.91 Å². The van der Waals surface area contributed by atoms with Gasteiger partial charge in [-0.05, 0) is 25.1 Å². The van der Waals surface area contributed by atoms with Crippen LogP contribution in [0.15, 0.2) is 42.9 Å². The quantitative estimate of drug-likeness (QED) is 0.580. The zero-order valence-corrected chi connectivity index (χ0v) is 16.6. The summed E-state index contributed by atoms with van der Waals surface area (Å²) in [6.45, 7) is 3.09. The van der Waals surface area contributed by atoms with Crippen molar-refractivity contribution in [1.29, 1.82) is 0 Å². The number of hydrogen-bond acceptors (Lipinski definition) is 3.